The highest BCUT2D eigenvalue weighted by Gasteiger charge is 2.49. The summed E-state index contributed by atoms with van der Waals surface area (Å²) < 4.78 is 0. The lowest BCUT2D eigenvalue weighted by Crippen LogP contribution is -2.43. The van der Waals surface area contributed by atoms with E-state index in [0.717, 1.165) is 35.8 Å². The molecule has 0 aromatic rings. The summed E-state index contributed by atoms with van der Waals surface area (Å²) in [6.07, 6.45) is 6.16. The van der Waals surface area contributed by atoms with Crippen LogP contribution in [0.1, 0.15) is 32.6 Å². The molecular formula is C14H24N2. The van der Waals surface area contributed by atoms with E-state index >= 15 is 0 Å². The van der Waals surface area contributed by atoms with Crippen LogP contribution in [0.25, 0.3) is 0 Å². The third-order valence-corrected chi connectivity index (χ3v) is 6.11. The maximum Gasteiger partial charge on any atom is 0.0129 e. The Bertz CT molecular complexity index is 290. The molecule has 4 aliphatic rings. The molecule has 4 rings (SSSR count). The molecule has 1 N–H and O–H groups in total. The Balaban J connectivity index is 1.52. The summed E-state index contributed by atoms with van der Waals surface area (Å²) in [6, 6.07) is 1.82. The van der Waals surface area contributed by atoms with Gasteiger partial charge < -0.3 is 5.32 Å². The van der Waals surface area contributed by atoms with Gasteiger partial charge in [-0.1, -0.05) is 6.42 Å². The minimum atomic E-state index is 0.851. The summed E-state index contributed by atoms with van der Waals surface area (Å²) in [6.45, 7) is 6.45. The van der Waals surface area contributed by atoms with Crippen molar-refractivity contribution in [2.75, 3.05) is 19.6 Å². The van der Waals surface area contributed by atoms with Crippen molar-refractivity contribution in [2.24, 2.45) is 23.7 Å². The molecule has 0 amide bonds. The number of hydrogen-bond donors (Lipinski definition) is 1. The Hall–Kier alpha value is -0.0800. The lowest BCUT2D eigenvalue weighted by molar-refractivity contribution is 0.122. The molecule has 2 saturated heterocycles. The highest BCUT2D eigenvalue weighted by atomic mass is 15.2. The lowest BCUT2D eigenvalue weighted by atomic mass is 9.92. The first kappa shape index (κ1) is 9.90. The molecule has 0 aromatic heterocycles. The topological polar surface area (TPSA) is 15.3 Å². The first-order valence-corrected chi connectivity index (χ1v) is 7.29. The summed E-state index contributed by atoms with van der Waals surface area (Å²) in [4.78, 5) is 2.90. The molecule has 0 aromatic carbocycles. The third kappa shape index (κ3) is 1.26. The molecule has 6 unspecified atom stereocenters. The molecule has 0 radical (unpaired) electrons. The first-order chi connectivity index (χ1) is 7.83. The van der Waals surface area contributed by atoms with Crippen LogP contribution >= 0.6 is 0 Å². The van der Waals surface area contributed by atoms with E-state index in [0.29, 0.717) is 0 Å². The zero-order valence-corrected chi connectivity index (χ0v) is 10.4. The van der Waals surface area contributed by atoms with Crippen molar-refractivity contribution in [3.8, 4) is 0 Å². The standard InChI is InChI=1S/C14H24N2/c1-9-13-7-15-6-12(13)8-16(9)14-5-10-2-3-11(14)4-10/h9-15H,2-8H2,1H3. The highest BCUT2D eigenvalue weighted by Crippen LogP contribution is 2.49. The second kappa shape index (κ2) is 3.46. The third-order valence-electron chi connectivity index (χ3n) is 6.11. The molecule has 90 valence electrons. The number of hydrogen-bond acceptors (Lipinski definition) is 2. The molecule has 2 bridgehead atoms. The molecule has 2 saturated carbocycles. The molecule has 0 spiro atoms. The van der Waals surface area contributed by atoms with Crippen LogP contribution in [-0.2, 0) is 0 Å². The lowest BCUT2D eigenvalue weighted by Gasteiger charge is -2.35. The SMILES string of the molecule is CC1C2CNCC2CN1C1CC2CCC1C2. The van der Waals surface area contributed by atoms with E-state index in [2.05, 4.69) is 17.1 Å². The molecule has 2 heterocycles. The molecule has 2 aliphatic carbocycles. The van der Waals surface area contributed by atoms with E-state index in [9.17, 15) is 0 Å². The average Bonchev–Trinajstić information content (AvgIpc) is 2.99. The second-order valence-electron chi connectivity index (χ2n) is 6.76. The van der Waals surface area contributed by atoms with Crippen LogP contribution in [0.2, 0.25) is 0 Å². The minimum Gasteiger partial charge on any atom is -0.316 e. The Morgan fingerprint density at radius 2 is 2.00 bits per heavy atom. The normalized spacial score (nSPS) is 56.1. The van der Waals surface area contributed by atoms with Crippen LogP contribution < -0.4 is 5.32 Å². The highest BCUT2D eigenvalue weighted by molar-refractivity contribution is 5.03. The van der Waals surface area contributed by atoms with Gasteiger partial charge >= 0.3 is 0 Å². The number of nitrogens with zero attached hydrogens (tertiary/aromatic N) is 1. The Morgan fingerprint density at radius 1 is 1.06 bits per heavy atom. The van der Waals surface area contributed by atoms with Crippen LogP contribution in [0.3, 0.4) is 0 Å². The second-order valence-corrected chi connectivity index (χ2v) is 6.76. The summed E-state index contributed by atoms with van der Waals surface area (Å²) in [7, 11) is 0. The number of rotatable bonds is 1. The van der Waals surface area contributed by atoms with E-state index in [1.165, 1.54) is 38.9 Å². The fraction of sp³-hybridized carbons (Fsp3) is 1.00. The van der Waals surface area contributed by atoms with E-state index < -0.39 is 0 Å². The minimum absolute atomic E-state index is 0.851. The van der Waals surface area contributed by atoms with Gasteiger partial charge in [-0.05, 0) is 62.9 Å². The van der Waals surface area contributed by atoms with Crippen LogP contribution in [0.5, 0.6) is 0 Å². The predicted molar refractivity (Wildman–Crippen MR) is 65.3 cm³/mol. The summed E-state index contributed by atoms with van der Waals surface area (Å²) in [5, 5.41) is 3.57. The Morgan fingerprint density at radius 3 is 2.69 bits per heavy atom. The van der Waals surface area contributed by atoms with Gasteiger partial charge in [0.15, 0.2) is 0 Å². The monoisotopic (exact) mass is 220 g/mol. The van der Waals surface area contributed by atoms with Crippen molar-refractivity contribution in [1.29, 1.82) is 0 Å². The Kier molecular flexibility index (Phi) is 2.14. The van der Waals surface area contributed by atoms with Crippen LogP contribution in [0.4, 0.5) is 0 Å². The maximum absolute atomic E-state index is 3.57. The fourth-order valence-corrected chi connectivity index (χ4v) is 5.26. The first-order valence-electron chi connectivity index (χ1n) is 7.29. The van der Waals surface area contributed by atoms with Crippen molar-refractivity contribution >= 4 is 0 Å². The van der Waals surface area contributed by atoms with Crippen LogP contribution in [0.15, 0.2) is 0 Å². The largest absolute Gasteiger partial charge is 0.316 e. The Labute approximate surface area is 98.8 Å². The van der Waals surface area contributed by atoms with Gasteiger partial charge in [-0.15, -0.1) is 0 Å². The van der Waals surface area contributed by atoms with Gasteiger partial charge in [-0.25, -0.2) is 0 Å². The van der Waals surface area contributed by atoms with E-state index in [1.807, 2.05) is 0 Å². The maximum atomic E-state index is 3.57. The fourth-order valence-electron chi connectivity index (χ4n) is 5.26. The molecule has 2 heteroatoms. The van der Waals surface area contributed by atoms with Gasteiger partial charge in [-0.3, -0.25) is 4.90 Å². The molecule has 2 nitrogen and oxygen atoms in total. The number of fused-ring (bicyclic) bond motifs is 3. The zero-order valence-electron chi connectivity index (χ0n) is 10.4. The van der Waals surface area contributed by atoms with E-state index in [1.54, 1.807) is 6.42 Å². The zero-order chi connectivity index (χ0) is 10.7. The summed E-state index contributed by atoms with van der Waals surface area (Å²) in [5.41, 5.74) is 0. The summed E-state index contributed by atoms with van der Waals surface area (Å²) in [5.74, 6) is 4.09. The molecule has 4 fully saturated rings. The van der Waals surface area contributed by atoms with Crippen molar-refractivity contribution in [3.05, 3.63) is 0 Å². The van der Waals surface area contributed by atoms with Gasteiger partial charge in [0.1, 0.15) is 0 Å². The molecular weight excluding hydrogens is 196 g/mol. The van der Waals surface area contributed by atoms with Crippen molar-refractivity contribution in [2.45, 2.75) is 44.7 Å². The van der Waals surface area contributed by atoms with Gasteiger partial charge in [0, 0.05) is 18.6 Å². The van der Waals surface area contributed by atoms with Crippen LogP contribution in [0, 0.1) is 23.7 Å². The van der Waals surface area contributed by atoms with Gasteiger partial charge in [-0.2, -0.15) is 0 Å². The van der Waals surface area contributed by atoms with E-state index in [4.69, 9.17) is 0 Å². The van der Waals surface area contributed by atoms with Gasteiger partial charge in [0.05, 0.1) is 0 Å². The van der Waals surface area contributed by atoms with Gasteiger partial charge in [0.25, 0.3) is 0 Å². The molecule has 2 aliphatic heterocycles. The summed E-state index contributed by atoms with van der Waals surface area (Å²) >= 11 is 0. The predicted octanol–water partition coefficient (Wildman–Crippen LogP) is 1.71. The molecule has 6 atom stereocenters. The number of nitrogens with one attached hydrogen (secondary N) is 1. The van der Waals surface area contributed by atoms with Gasteiger partial charge in [0.2, 0.25) is 0 Å². The van der Waals surface area contributed by atoms with E-state index in [-0.39, 0.29) is 0 Å². The van der Waals surface area contributed by atoms with Crippen molar-refractivity contribution < 1.29 is 0 Å². The van der Waals surface area contributed by atoms with Crippen molar-refractivity contribution in [1.82, 2.24) is 10.2 Å². The van der Waals surface area contributed by atoms with Crippen LogP contribution in [-0.4, -0.2) is 36.6 Å². The smallest absolute Gasteiger partial charge is 0.0129 e. The average molecular weight is 220 g/mol. The quantitative estimate of drug-likeness (QED) is 0.724. The van der Waals surface area contributed by atoms with Crippen molar-refractivity contribution in [3.63, 3.8) is 0 Å². The number of likely N-dealkylation sites (tertiary alicyclic amines) is 1. The molecule has 16 heavy (non-hydrogen) atoms.